The van der Waals surface area contributed by atoms with Gasteiger partial charge in [-0.3, -0.25) is 0 Å². The molecule has 0 aromatic heterocycles. The zero-order valence-electron chi connectivity index (χ0n) is 6.81. The summed E-state index contributed by atoms with van der Waals surface area (Å²) in [5.41, 5.74) is -3.83. The Labute approximate surface area is 80.7 Å². The maximum atomic E-state index is 13.2. The van der Waals surface area contributed by atoms with Crippen LogP contribution in [0.3, 0.4) is 0 Å². The van der Waals surface area contributed by atoms with Crippen molar-refractivity contribution in [2.45, 2.75) is 41.0 Å². The molecule has 2 fully saturated rings. The highest BCUT2D eigenvalue weighted by Crippen LogP contribution is 2.64. The zero-order chi connectivity index (χ0) is 10.8. The van der Waals surface area contributed by atoms with Crippen LogP contribution in [0.25, 0.3) is 0 Å². The third-order valence-corrected chi connectivity index (χ3v) is 4.60. The lowest BCUT2D eigenvalue weighted by Crippen LogP contribution is -2.64. The van der Waals surface area contributed by atoms with E-state index in [4.69, 9.17) is 5.11 Å². The molecule has 0 aromatic carbocycles. The van der Waals surface area contributed by atoms with Gasteiger partial charge in [0.15, 0.2) is 0 Å². The van der Waals surface area contributed by atoms with E-state index in [-0.39, 0.29) is 12.8 Å². The summed E-state index contributed by atoms with van der Waals surface area (Å²) in [6, 6.07) is 0. The Kier molecular flexibility index (Phi) is 1.91. The molecule has 2 bridgehead atoms. The first-order chi connectivity index (χ1) is 6.21. The van der Waals surface area contributed by atoms with Crippen molar-refractivity contribution >= 4 is 11.8 Å². The summed E-state index contributed by atoms with van der Waals surface area (Å²) in [7, 11) is 0. The van der Waals surface area contributed by atoms with E-state index in [0.717, 1.165) is 0 Å². The van der Waals surface area contributed by atoms with Crippen molar-refractivity contribution < 1.29 is 27.1 Å². The molecule has 14 heavy (non-hydrogen) atoms. The van der Waals surface area contributed by atoms with Crippen LogP contribution in [-0.4, -0.2) is 33.3 Å². The Morgan fingerprint density at radius 3 is 1.93 bits per heavy atom. The van der Waals surface area contributed by atoms with Gasteiger partial charge in [-0.2, -0.15) is 13.2 Å². The maximum absolute atomic E-state index is 13.2. The fourth-order valence-corrected chi connectivity index (χ4v) is 3.82. The minimum Gasteiger partial charge on any atom is -0.375 e. The molecular weight excluding hydrogens is 227 g/mol. The van der Waals surface area contributed by atoms with Crippen molar-refractivity contribution in [2.24, 2.45) is 0 Å². The van der Waals surface area contributed by atoms with Crippen molar-refractivity contribution in [3.8, 4) is 0 Å². The van der Waals surface area contributed by atoms with E-state index in [2.05, 4.69) is 0 Å². The number of fused-ring (bicyclic) bond motifs is 2. The minimum absolute atomic E-state index is 0.000926. The predicted molar refractivity (Wildman–Crippen MR) is 40.4 cm³/mol. The topological polar surface area (TPSA) is 20.2 Å². The minimum atomic E-state index is -5.26. The van der Waals surface area contributed by atoms with Crippen LogP contribution >= 0.6 is 11.8 Å². The Bertz CT molecular complexity index is 265. The van der Waals surface area contributed by atoms with E-state index < -0.39 is 28.2 Å². The van der Waals surface area contributed by atoms with Crippen LogP contribution < -0.4 is 0 Å². The number of rotatable bonds is 0. The first kappa shape index (κ1) is 10.5. The molecule has 2 heterocycles. The molecular formula is C7H7F5OS. The van der Waals surface area contributed by atoms with Gasteiger partial charge in [-0.05, 0) is 12.8 Å². The van der Waals surface area contributed by atoms with E-state index in [1.165, 1.54) is 0 Å². The normalized spacial score (nSPS) is 45.9. The average Bonchev–Trinajstić information content (AvgIpc) is 2.52. The van der Waals surface area contributed by atoms with Gasteiger partial charge >= 0.3 is 6.18 Å². The molecule has 2 aliphatic heterocycles. The van der Waals surface area contributed by atoms with Gasteiger partial charge in [-0.15, -0.1) is 11.8 Å². The second-order valence-electron chi connectivity index (χ2n) is 3.58. The van der Waals surface area contributed by atoms with Crippen LogP contribution in [0.2, 0.25) is 0 Å². The van der Waals surface area contributed by atoms with Crippen molar-refractivity contribution in [1.82, 2.24) is 0 Å². The van der Waals surface area contributed by atoms with Crippen molar-refractivity contribution in [3.63, 3.8) is 0 Å². The summed E-state index contributed by atoms with van der Waals surface area (Å²) in [6.45, 7) is 0. The van der Waals surface area contributed by atoms with Crippen molar-refractivity contribution in [1.29, 1.82) is 0 Å². The molecule has 0 aromatic rings. The van der Waals surface area contributed by atoms with E-state index >= 15 is 0 Å². The molecule has 2 aliphatic rings. The molecule has 1 nitrogen and oxygen atoms in total. The summed E-state index contributed by atoms with van der Waals surface area (Å²) in [5, 5.41) is 6.35. The second-order valence-corrected chi connectivity index (χ2v) is 4.99. The number of thioether (sulfide) groups is 1. The third kappa shape index (κ3) is 0.946. The van der Waals surface area contributed by atoms with Gasteiger partial charge in [0.1, 0.15) is 0 Å². The molecule has 0 radical (unpaired) electrons. The smallest absolute Gasteiger partial charge is 0.375 e. The van der Waals surface area contributed by atoms with Crippen LogP contribution in [0.1, 0.15) is 12.8 Å². The average molecular weight is 234 g/mol. The quantitative estimate of drug-likeness (QED) is 0.648. The first-order valence-electron chi connectivity index (χ1n) is 4.03. The Hall–Kier alpha value is -0.0400. The largest absolute Gasteiger partial charge is 0.424 e. The number of aliphatic hydroxyl groups is 1. The Morgan fingerprint density at radius 1 is 1.14 bits per heavy atom. The van der Waals surface area contributed by atoms with E-state index in [0.29, 0.717) is 11.8 Å². The number of hydrogen-bond donors (Lipinski definition) is 1. The highest BCUT2D eigenvalue weighted by molar-refractivity contribution is 8.01. The van der Waals surface area contributed by atoms with Gasteiger partial charge < -0.3 is 5.11 Å². The molecule has 7 heteroatoms. The van der Waals surface area contributed by atoms with E-state index in [9.17, 15) is 22.0 Å². The molecule has 1 N–H and O–H groups in total. The fraction of sp³-hybridized carbons (Fsp3) is 1.00. The monoisotopic (exact) mass is 234 g/mol. The lowest BCUT2D eigenvalue weighted by Gasteiger charge is -2.38. The number of hydrogen-bond acceptors (Lipinski definition) is 2. The predicted octanol–water partition coefficient (Wildman–Crippen LogP) is 2.19. The van der Waals surface area contributed by atoms with Gasteiger partial charge in [0.05, 0.1) is 5.25 Å². The summed E-state index contributed by atoms with van der Waals surface area (Å²) in [6.07, 6.45) is -5.22. The Balaban J connectivity index is 2.44. The van der Waals surface area contributed by atoms with E-state index in [1.54, 1.807) is 0 Å². The molecule has 2 rings (SSSR count). The van der Waals surface area contributed by atoms with Gasteiger partial charge in [0.2, 0.25) is 5.60 Å². The van der Waals surface area contributed by atoms with Crippen molar-refractivity contribution in [2.75, 3.05) is 0 Å². The van der Waals surface area contributed by atoms with E-state index in [1.807, 2.05) is 0 Å². The number of alkyl halides is 5. The lowest BCUT2D eigenvalue weighted by atomic mass is 9.81. The standard InChI is InChI=1S/C7H7F5OS/c8-6(9)4-2-1-3(14-4)5(6,13)7(10,11)12/h3-4,13H,1-2H2. The first-order valence-corrected chi connectivity index (χ1v) is 4.98. The second kappa shape index (κ2) is 2.55. The highest BCUT2D eigenvalue weighted by atomic mass is 32.2. The number of halogens is 5. The zero-order valence-corrected chi connectivity index (χ0v) is 7.63. The molecule has 3 unspecified atom stereocenters. The SMILES string of the molecule is OC1(C(F)(F)F)C2CCC(S2)C1(F)F. The summed E-state index contributed by atoms with van der Waals surface area (Å²) in [5.74, 6) is -4.06. The molecule has 2 saturated heterocycles. The van der Waals surface area contributed by atoms with Crippen LogP contribution in [0.15, 0.2) is 0 Å². The van der Waals surface area contributed by atoms with Crippen LogP contribution in [0.5, 0.6) is 0 Å². The molecule has 82 valence electrons. The van der Waals surface area contributed by atoms with Crippen LogP contribution in [0, 0.1) is 0 Å². The van der Waals surface area contributed by atoms with Gasteiger partial charge in [-0.1, -0.05) is 0 Å². The molecule has 0 aliphatic carbocycles. The van der Waals surface area contributed by atoms with Gasteiger partial charge in [-0.25, -0.2) is 8.78 Å². The summed E-state index contributed by atoms with van der Waals surface area (Å²) in [4.78, 5) is 0. The lowest BCUT2D eigenvalue weighted by molar-refractivity contribution is -0.331. The van der Waals surface area contributed by atoms with Crippen molar-refractivity contribution in [3.05, 3.63) is 0 Å². The van der Waals surface area contributed by atoms with Crippen LogP contribution in [0.4, 0.5) is 22.0 Å². The Morgan fingerprint density at radius 2 is 1.64 bits per heavy atom. The highest BCUT2D eigenvalue weighted by Gasteiger charge is 2.81. The molecule has 0 saturated carbocycles. The third-order valence-electron chi connectivity index (χ3n) is 2.83. The fourth-order valence-electron chi connectivity index (χ4n) is 2.04. The molecule has 3 atom stereocenters. The summed E-state index contributed by atoms with van der Waals surface area (Å²) < 4.78 is 63.5. The van der Waals surface area contributed by atoms with Gasteiger partial charge in [0, 0.05) is 5.25 Å². The molecule has 0 amide bonds. The van der Waals surface area contributed by atoms with Crippen LogP contribution in [-0.2, 0) is 0 Å². The maximum Gasteiger partial charge on any atom is 0.424 e. The van der Waals surface area contributed by atoms with Gasteiger partial charge in [0.25, 0.3) is 5.92 Å². The summed E-state index contributed by atoms with van der Waals surface area (Å²) >= 11 is 0.552. The molecule has 0 spiro atoms.